The molecule has 1 atom stereocenters. The number of aliphatic hydroxyl groups is 1. The highest BCUT2D eigenvalue weighted by molar-refractivity contribution is 5.22. The molecule has 5 heteroatoms. The van der Waals surface area contributed by atoms with Gasteiger partial charge in [0, 0.05) is 18.5 Å². The molecule has 1 unspecified atom stereocenters. The Morgan fingerprint density at radius 3 is 3.12 bits per heavy atom. The predicted molar refractivity (Wildman–Crippen MR) is 56.4 cm³/mol. The lowest BCUT2D eigenvalue weighted by Crippen LogP contribution is -2.07. The minimum absolute atomic E-state index is 0.397. The van der Waals surface area contributed by atoms with Gasteiger partial charge in [-0.3, -0.25) is 0 Å². The molecular formula is C11H11N3O2. The first-order chi connectivity index (χ1) is 7.70. The van der Waals surface area contributed by atoms with Crippen LogP contribution in [0.25, 0.3) is 0 Å². The van der Waals surface area contributed by atoms with Gasteiger partial charge >= 0.3 is 0 Å². The molecule has 0 aromatic carbocycles. The van der Waals surface area contributed by atoms with E-state index in [1.807, 2.05) is 0 Å². The fraction of sp³-hybridized carbons (Fsp3) is 0.273. The van der Waals surface area contributed by atoms with Crippen molar-refractivity contribution in [2.75, 3.05) is 0 Å². The number of hydrogen-bond acceptors (Lipinski definition) is 4. The Bertz CT molecular complexity index is 519. The Morgan fingerprint density at radius 1 is 1.69 bits per heavy atom. The molecule has 16 heavy (non-hydrogen) atoms. The molecule has 2 rings (SSSR count). The van der Waals surface area contributed by atoms with Gasteiger partial charge in [0.25, 0.3) is 0 Å². The van der Waals surface area contributed by atoms with E-state index < -0.39 is 6.10 Å². The Labute approximate surface area is 92.7 Å². The molecule has 0 aliphatic rings. The molecule has 0 aliphatic heterocycles. The summed E-state index contributed by atoms with van der Waals surface area (Å²) in [5.41, 5.74) is 0.702. The second kappa shape index (κ2) is 4.21. The van der Waals surface area contributed by atoms with Crippen LogP contribution in [0.2, 0.25) is 0 Å². The summed E-state index contributed by atoms with van der Waals surface area (Å²) in [5, 5.41) is 13.3. The zero-order chi connectivity index (χ0) is 11.5. The Balaban J connectivity index is 2.21. The molecule has 2 aromatic rings. The number of nitrogens with zero attached hydrogens (tertiary/aromatic N) is 3. The van der Waals surface area contributed by atoms with Crippen LogP contribution in [0.15, 0.2) is 23.0 Å². The third-order valence-corrected chi connectivity index (χ3v) is 2.15. The standard InChI is InChI=1S/C11H11N3O2/c1-3-10-6-9(13-16-10)7-14-5-4-12-11(14)8(2)15/h1,4-6,8,15H,7H2,2H3. The van der Waals surface area contributed by atoms with Crippen LogP contribution < -0.4 is 0 Å². The maximum atomic E-state index is 9.46. The lowest BCUT2D eigenvalue weighted by Gasteiger charge is -2.07. The Kier molecular flexibility index (Phi) is 2.75. The van der Waals surface area contributed by atoms with Gasteiger partial charge in [0.05, 0.1) is 6.54 Å². The van der Waals surface area contributed by atoms with Crippen molar-refractivity contribution in [3.8, 4) is 12.3 Å². The fourth-order valence-electron chi connectivity index (χ4n) is 1.45. The Morgan fingerprint density at radius 2 is 2.50 bits per heavy atom. The number of terminal acetylenes is 1. The van der Waals surface area contributed by atoms with Crippen molar-refractivity contribution in [2.45, 2.75) is 19.6 Å². The average molecular weight is 217 g/mol. The lowest BCUT2D eigenvalue weighted by atomic mass is 10.3. The summed E-state index contributed by atoms with van der Waals surface area (Å²) in [6, 6.07) is 1.69. The fourth-order valence-corrected chi connectivity index (χ4v) is 1.45. The molecule has 82 valence electrons. The van der Waals surface area contributed by atoms with Gasteiger partial charge in [0.15, 0.2) is 0 Å². The summed E-state index contributed by atoms with van der Waals surface area (Å²) in [5.74, 6) is 3.35. The van der Waals surface area contributed by atoms with Crippen molar-refractivity contribution in [2.24, 2.45) is 0 Å². The number of aromatic nitrogens is 3. The number of rotatable bonds is 3. The van der Waals surface area contributed by atoms with E-state index in [4.69, 9.17) is 10.9 Å². The molecular weight excluding hydrogens is 206 g/mol. The van der Waals surface area contributed by atoms with Crippen LogP contribution in [0.4, 0.5) is 0 Å². The summed E-state index contributed by atoms with van der Waals surface area (Å²) in [6.45, 7) is 2.14. The van der Waals surface area contributed by atoms with Crippen molar-refractivity contribution in [3.63, 3.8) is 0 Å². The van der Waals surface area contributed by atoms with Gasteiger partial charge < -0.3 is 14.2 Å². The molecule has 1 N–H and O–H groups in total. The first kappa shape index (κ1) is 10.5. The van der Waals surface area contributed by atoms with Crippen molar-refractivity contribution in [3.05, 3.63) is 35.7 Å². The van der Waals surface area contributed by atoms with Crippen LogP contribution >= 0.6 is 0 Å². The zero-order valence-electron chi connectivity index (χ0n) is 8.79. The molecule has 2 heterocycles. The number of imidazole rings is 1. The Hall–Kier alpha value is -2.06. The summed E-state index contributed by atoms with van der Waals surface area (Å²) in [7, 11) is 0. The van der Waals surface area contributed by atoms with E-state index in [1.165, 1.54) is 0 Å². The average Bonchev–Trinajstić information content (AvgIpc) is 2.87. The van der Waals surface area contributed by atoms with Gasteiger partial charge in [-0.05, 0) is 12.8 Å². The number of hydrogen-bond donors (Lipinski definition) is 1. The number of aliphatic hydroxyl groups excluding tert-OH is 1. The van der Waals surface area contributed by atoms with Crippen LogP contribution in [-0.2, 0) is 6.54 Å². The van der Waals surface area contributed by atoms with Gasteiger partial charge in [0.1, 0.15) is 17.6 Å². The van der Waals surface area contributed by atoms with Crippen molar-refractivity contribution < 1.29 is 9.63 Å². The first-order valence-corrected chi connectivity index (χ1v) is 4.82. The highest BCUT2D eigenvalue weighted by atomic mass is 16.5. The lowest BCUT2D eigenvalue weighted by molar-refractivity contribution is 0.184. The molecule has 0 saturated heterocycles. The molecule has 0 bridgehead atoms. The van der Waals surface area contributed by atoms with E-state index in [2.05, 4.69) is 16.1 Å². The van der Waals surface area contributed by atoms with Crippen LogP contribution in [0.1, 0.15) is 30.3 Å². The summed E-state index contributed by atoms with van der Waals surface area (Å²) in [6.07, 6.45) is 7.95. The summed E-state index contributed by atoms with van der Waals surface area (Å²) in [4.78, 5) is 4.05. The van der Waals surface area contributed by atoms with Gasteiger partial charge in [-0.2, -0.15) is 0 Å². The second-order valence-corrected chi connectivity index (χ2v) is 3.42. The molecule has 0 saturated carbocycles. The molecule has 0 aliphatic carbocycles. The monoisotopic (exact) mass is 217 g/mol. The minimum atomic E-state index is -0.617. The second-order valence-electron chi connectivity index (χ2n) is 3.42. The molecule has 0 radical (unpaired) electrons. The van der Waals surface area contributed by atoms with Crippen molar-refractivity contribution in [1.29, 1.82) is 0 Å². The third kappa shape index (κ3) is 1.97. The predicted octanol–water partition coefficient (Wildman–Crippen LogP) is 0.954. The van der Waals surface area contributed by atoms with Crippen LogP contribution in [0, 0.1) is 12.3 Å². The van der Waals surface area contributed by atoms with Crippen molar-refractivity contribution in [1.82, 2.24) is 14.7 Å². The van der Waals surface area contributed by atoms with Gasteiger partial charge in [-0.25, -0.2) is 4.98 Å². The highest BCUT2D eigenvalue weighted by Gasteiger charge is 2.10. The third-order valence-electron chi connectivity index (χ3n) is 2.15. The maximum Gasteiger partial charge on any atom is 0.209 e. The topological polar surface area (TPSA) is 64.1 Å². The smallest absolute Gasteiger partial charge is 0.209 e. The van der Waals surface area contributed by atoms with E-state index in [0.717, 1.165) is 0 Å². The van der Waals surface area contributed by atoms with E-state index in [1.54, 1.807) is 30.0 Å². The molecule has 0 spiro atoms. The SMILES string of the molecule is C#Cc1cc(Cn2ccnc2C(C)O)no1. The van der Waals surface area contributed by atoms with E-state index in [9.17, 15) is 5.11 Å². The van der Waals surface area contributed by atoms with E-state index >= 15 is 0 Å². The van der Waals surface area contributed by atoms with E-state index in [0.29, 0.717) is 23.8 Å². The normalized spacial score (nSPS) is 12.3. The highest BCUT2D eigenvalue weighted by Crippen LogP contribution is 2.12. The van der Waals surface area contributed by atoms with Crippen LogP contribution in [0.3, 0.4) is 0 Å². The first-order valence-electron chi connectivity index (χ1n) is 4.82. The van der Waals surface area contributed by atoms with Gasteiger partial charge in [-0.1, -0.05) is 5.16 Å². The molecule has 0 fully saturated rings. The molecule has 5 nitrogen and oxygen atoms in total. The van der Waals surface area contributed by atoms with Crippen LogP contribution in [0.5, 0.6) is 0 Å². The zero-order valence-corrected chi connectivity index (χ0v) is 8.79. The van der Waals surface area contributed by atoms with Gasteiger partial charge in [-0.15, -0.1) is 6.42 Å². The maximum absolute atomic E-state index is 9.46. The molecule has 2 aromatic heterocycles. The van der Waals surface area contributed by atoms with E-state index in [-0.39, 0.29) is 0 Å². The summed E-state index contributed by atoms with van der Waals surface area (Å²) >= 11 is 0. The minimum Gasteiger partial charge on any atom is -0.385 e. The summed E-state index contributed by atoms with van der Waals surface area (Å²) < 4.78 is 6.68. The van der Waals surface area contributed by atoms with Crippen LogP contribution in [-0.4, -0.2) is 19.8 Å². The van der Waals surface area contributed by atoms with Gasteiger partial charge in [0.2, 0.25) is 5.76 Å². The largest absolute Gasteiger partial charge is 0.385 e. The molecule has 0 amide bonds. The quantitative estimate of drug-likeness (QED) is 0.777. The van der Waals surface area contributed by atoms with Crippen molar-refractivity contribution >= 4 is 0 Å².